The first-order valence-corrected chi connectivity index (χ1v) is 10.1. The number of rotatable bonds is 9. The maximum atomic E-state index is 12.8. The molecule has 2 aromatic carbocycles. The Morgan fingerprint density at radius 3 is 2.38 bits per heavy atom. The van der Waals surface area contributed by atoms with E-state index in [2.05, 4.69) is 5.32 Å². The zero-order chi connectivity index (χ0) is 23.3. The molecule has 0 spiro atoms. The molecule has 3 amide bonds. The van der Waals surface area contributed by atoms with Gasteiger partial charge in [-0.3, -0.25) is 14.4 Å². The molecule has 0 aromatic heterocycles. The highest BCUT2D eigenvalue weighted by atomic mass is 16.5. The van der Waals surface area contributed by atoms with Crippen molar-refractivity contribution in [3.63, 3.8) is 0 Å². The number of ether oxygens (including phenoxy) is 3. The third kappa shape index (κ3) is 5.11. The van der Waals surface area contributed by atoms with Gasteiger partial charge in [0.25, 0.3) is 0 Å². The van der Waals surface area contributed by atoms with Crippen molar-refractivity contribution in [3.05, 3.63) is 47.5 Å². The molecule has 1 heterocycles. The molecule has 9 heteroatoms. The number of benzene rings is 2. The van der Waals surface area contributed by atoms with E-state index in [0.717, 1.165) is 5.56 Å². The molecule has 9 nitrogen and oxygen atoms in total. The number of carbonyl (C=O) groups excluding carboxylic acids is 3. The number of likely N-dealkylation sites (tertiary alicyclic amines) is 1. The van der Waals surface area contributed by atoms with Crippen LogP contribution >= 0.6 is 0 Å². The Kier molecular flexibility index (Phi) is 7.19. The third-order valence-electron chi connectivity index (χ3n) is 5.45. The van der Waals surface area contributed by atoms with E-state index in [1.54, 1.807) is 25.2 Å². The van der Waals surface area contributed by atoms with Crippen LogP contribution in [0.15, 0.2) is 36.4 Å². The van der Waals surface area contributed by atoms with Crippen molar-refractivity contribution in [2.75, 3.05) is 39.7 Å². The minimum absolute atomic E-state index is 0.0801. The van der Waals surface area contributed by atoms with Gasteiger partial charge in [-0.1, -0.05) is 6.07 Å². The van der Waals surface area contributed by atoms with Gasteiger partial charge in [0.2, 0.25) is 17.7 Å². The molecule has 3 N–H and O–H groups in total. The van der Waals surface area contributed by atoms with Crippen LogP contribution in [-0.2, 0) is 16.0 Å². The van der Waals surface area contributed by atoms with Crippen LogP contribution in [0.5, 0.6) is 17.2 Å². The van der Waals surface area contributed by atoms with Gasteiger partial charge in [0, 0.05) is 25.1 Å². The Labute approximate surface area is 186 Å². The van der Waals surface area contributed by atoms with Gasteiger partial charge in [0.15, 0.2) is 11.5 Å². The quantitative estimate of drug-likeness (QED) is 0.613. The van der Waals surface area contributed by atoms with E-state index in [0.29, 0.717) is 42.4 Å². The second-order valence-electron chi connectivity index (χ2n) is 7.45. The van der Waals surface area contributed by atoms with Crippen LogP contribution in [0.25, 0.3) is 0 Å². The Morgan fingerprint density at radius 1 is 1.03 bits per heavy atom. The molecule has 32 heavy (non-hydrogen) atoms. The van der Waals surface area contributed by atoms with Crippen molar-refractivity contribution in [1.82, 2.24) is 4.90 Å². The van der Waals surface area contributed by atoms with Crippen LogP contribution in [0, 0.1) is 5.92 Å². The molecule has 0 radical (unpaired) electrons. The second-order valence-corrected chi connectivity index (χ2v) is 7.45. The highest BCUT2D eigenvalue weighted by Gasteiger charge is 2.34. The lowest BCUT2D eigenvalue weighted by Gasteiger charge is -2.18. The largest absolute Gasteiger partial charge is 0.495 e. The maximum Gasteiger partial charge on any atom is 0.248 e. The van der Waals surface area contributed by atoms with Gasteiger partial charge in [0.05, 0.1) is 32.9 Å². The van der Waals surface area contributed by atoms with Crippen molar-refractivity contribution in [2.24, 2.45) is 11.7 Å². The predicted molar refractivity (Wildman–Crippen MR) is 118 cm³/mol. The van der Waals surface area contributed by atoms with Gasteiger partial charge in [-0.05, 0) is 42.3 Å². The minimum atomic E-state index is -0.611. The molecule has 1 aliphatic rings. The van der Waals surface area contributed by atoms with Crippen LogP contribution in [0.4, 0.5) is 5.69 Å². The summed E-state index contributed by atoms with van der Waals surface area (Å²) in [6, 6.07) is 10.2. The summed E-state index contributed by atoms with van der Waals surface area (Å²) in [7, 11) is 4.61. The summed E-state index contributed by atoms with van der Waals surface area (Å²) in [6.07, 6.45) is 0.741. The van der Waals surface area contributed by atoms with E-state index in [1.165, 1.54) is 19.2 Å². The second kappa shape index (κ2) is 10.0. The van der Waals surface area contributed by atoms with E-state index in [4.69, 9.17) is 19.9 Å². The van der Waals surface area contributed by atoms with Crippen molar-refractivity contribution in [1.29, 1.82) is 0 Å². The molecule has 0 bridgehead atoms. The maximum absolute atomic E-state index is 12.8. The predicted octanol–water partition coefficient (Wildman–Crippen LogP) is 1.84. The zero-order valence-corrected chi connectivity index (χ0v) is 18.3. The number of carbonyl (C=O) groups is 3. The van der Waals surface area contributed by atoms with E-state index >= 15 is 0 Å². The van der Waals surface area contributed by atoms with Crippen LogP contribution in [0.3, 0.4) is 0 Å². The number of hydrogen-bond donors (Lipinski definition) is 2. The van der Waals surface area contributed by atoms with Gasteiger partial charge in [0.1, 0.15) is 5.75 Å². The summed E-state index contributed by atoms with van der Waals surface area (Å²) in [6.45, 7) is 0.800. The summed E-state index contributed by atoms with van der Waals surface area (Å²) >= 11 is 0. The molecule has 170 valence electrons. The summed E-state index contributed by atoms with van der Waals surface area (Å²) < 4.78 is 15.8. The van der Waals surface area contributed by atoms with Gasteiger partial charge in [-0.2, -0.15) is 0 Å². The Bertz CT molecular complexity index is 1020. The fraction of sp³-hybridized carbons (Fsp3) is 0.348. The van der Waals surface area contributed by atoms with Crippen molar-refractivity contribution in [3.8, 4) is 17.2 Å². The van der Waals surface area contributed by atoms with E-state index in [1.807, 2.05) is 18.2 Å². The molecule has 1 fully saturated rings. The first-order chi connectivity index (χ1) is 15.4. The van der Waals surface area contributed by atoms with Crippen LogP contribution < -0.4 is 25.3 Å². The number of anilines is 1. The van der Waals surface area contributed by atoms with Crippen LogP contribution in [0.2, 0.25) is 0 Å². The van der Waals surface area contributed by atoms with Gasteiger partial charge in [-0.15, -0.1) is 0 Å². The average molecular weight is 441 g/mol. The first kappa shape index (κ1) is 22.9. The minimum Gasteiger partial charge on any atom is -0.495 e. The fourth-order valence-electron chi connectivity index (χ4n) is 3.66. The SMILES string of the molecule is COc1ccc(C(N)=O)cc1NC(=O)C1CC(=O)N(CCc2ccc(OC)c(OC)c2)C1. The fourth-order valence-corrected chi connectivity index (χ4v) is 3.66. The normalized spacial score (nSPS) is 15.4. The van der Waals surface area contributed by atoms with Crippen LogP contribution in [0.1, 0.15) is 22.3 Å². The lowest BCUT2D eigenvalue weighted by atomic mass is 10.1. The monoisotopic (exact) mass is 441 g/mol. The van der Waals surface area contributed by atoms with Gasteiger partial charge >= 0.3 is 0 Å². The molecule has 3 rings (SSSR count). The lowest BCUT2D eigenvalue weighted by Crippen LogP contribution is -2.30. The summed E-state index contributed by atoms with van der Waals surface area (Å²) in [4.78, 5) is 38.4. The molecular formula is C23H27N3O6. The van der Waals surface area contributed by atoms with Gasteiger partial charge < -0.3 is 30.2 Å². The zero-order valence-electron chi connectivity index (χ0n) is 18.3. The summed E-state index contributed by atoms with van der Waals surface area (Å²) in [5.41, 5.74) is 6.91. The number of hydrogen-bond acceptors (Lipinski definition) is 6. The highest BCUT2D eigenvalue weighted by Crippen LogP contribution is 2.29. The smallest absolute Gasteiger partial charge is 0.248 e. The number of nitrogens with zero attached hydrogens (tertiary/aromatic N) is 1. The molecule has 0 aliphatic carbocycles. The first-order valence-electron chi connectivity index (χ1n) is 10.1. The standard InChI is InChI=1S/C23H27N3O6/c1-30-18-7-5-15(22(24)28)11-17(18)25-23(29)16-12-21(27)26(13-16)9-8-14-4-6-19(31-2)20(10-14)32-3/h4-7,10-11,16H,8-9,12-13H2,1-3H3,(H2,24,28)(H,25,29). The van der Waals surface area contributed by atoms with Crippen molar-refractivity contribution < 1.29 is 28.6 Å². The highest BCUT2D eigenvalue weighted by molar-refractivity contribution is 6.00. The number of amides is 3. The van der Waals surface area contributed by atoms with Gasteiger partial charge in [-0.25, -0.2) is 0 Å². The molecule has 1 aliphatic heterocycles. The Morgan fingerprint density at radius 2 is 1.72 bits per heavy atom. The number of nitrogens with one attached hydrogen (secondary N) is 1. The molecule has 1 unspecified atom stereocenters. The molecule has 1 atom stereocenters. The van der Waals surface area contributed by atoms with Crippen LogP contribution in [-0.4, -0.2) is 57.0 Å². The molecule has 2 aromatic rings. The number of methoxy groups -OCH3 is 3. The topological polar surface area (TPSA) is 120 Å². The summed E-state index contributed by atoms with van der Waals surface area (Å²) in [5.74, 6) is 0.159. The number of primary amides is 1. The van der Waals surface area contributed by atoms with Crippen molar-refractivity contribution in [2.45, 2.75) is 12.8 Å². The van der Waals surface area contributed by atoms with E-state index in [9.17, 15) is 14.4 Å². The van der Waals surface area contributed by atoms with E-state index in [-0.39, 0.29) is 23.8 Å². The Balaban J connectivity index is 1.62. The lowest BCUT2D eigenvalue weighted by molar-refractivity contribution is -0.128. The molecular weight excluding hydrogens is 414 g/mol. The van der Waals surface area contributed by atoms with E-state index < -0.39 is 11.8 Å². The third-order valence-corrected chi connectivity index (χ3v) is 5.45. The molecule has 0 saturated carbocycles. The average Bonchev–Trinajstić information content (AvgIpc) is 3.17. The van der Waals surface area contributed by atoms with Crippen molar-refractivity contribution >= 4 is 23.4 Å². The Hall–Kier alpha value is -3.75. The molecule has 1 saturated heterocycles. The number of nitrogens with two attached hydrogens (primary N) is 1. The summed E-state index contributed by atoms with van der Waals surface area (Å²) in [5, 5.41) is 2.76.